The fraction of sp³-hybridized carbons (Fsp3) is 0.538. The van der Waals surface area contributed by atoms with E-state index in [1.807, 2.05) is 0 Å². The van der Waals surface area contributed by atoms with Crippen LogP contribution in [0.25, 0.3) is 0 Å². The molecular weight excluding hydrogens is 354 g/mol. The first-order chi connectivity index (χ1) is 11.1. The van der Waals surface area contributed by atoms with Crippen molar-refractivity contribution in [3.05, 3.63) is 23.8 Å². The van der Waals surface area contributed by atoms with E-state index in [-0.39, 0.29) is 23.1 Å². The Morgan fingerprint density at radius 1 is 1.12 bits per heavy atom. The molecule has 9 nitrogen and oxygen atoms in total. The molecule has 1 fully saturated rings. The van der Waals surface area contributed by atoms with E-state index in [9.17, 15) is 16.8 Å². The van der Waals surface area contributed by atoms with Gasteiger partial charge < -0.3 is 4.57 Å². The summed E-state index contributed by atoms with van der Waals surface area (Å²) in [7, 11) is -4.15. The molecule has 0 N–H and O–H groups in total. The zero-order valence-corrected chi connectivity index (χ0v) is 15.5. The third kappa shape index (κ3) is 2.38. The topological polar surface area (TPSA) is 107 Å². The molecule has 132 valence electrons. The van der Waals surface area contributed by atoms with Crippen molar-refractivity contribution in [3.63, 3.8) is 0 Å². The average Bonchev–Trinajstić information content (AvgIpc) is 2.92. The molecule has 0 unspecified atom stereocenters. The molecule has 1 aliphatic rings. The highest BCUT2D eigenvalue weighted by Gasteiger charge is 2.46. The first-order valence-corrected chi connectivity index (χ1v) is 10.3. The van der Waals surface area contributed by atoms with Crippen LogP contribution in [0.1, 0.15) is 11.4 Å². The monoisotopic (exact) mass is 373 g/mol. The largest absolute Gasteiger partial charge is 0.325 e. The molecule has 2 aromatic rings. The Kier molecular flexibility index (Phi) is 3.85. The van der Waals surface area contributed by atoms with Crippen LogP contribution in [0.4, 0.5) is 0 Å². The summed E-state index contributed by atoms with van der Waals surface area (Å²) in [4.78, 5) is 4.01. The molecule has 1 saturated heterocycles. The average molecular weight is 373 g/mol. The van der Waals surface area contributed by atoms with E-state index >= 15 is 0 Å². The van der Waals surface area contributed by atoms with Crippen LogP contribution >= 0.6 is 0 Å². The van der Waals surface area contributed by atoms with Gasteiger partial charge >= 0.3 is 0 Å². The molecule has 0 spiro atoms. The first-order valence-electron chi connectivity index (χ1n) is 7.28. The molecule has 0 atom stereocenters. The van der Waals surface area contributed by atoms with Gasteiger partial charge in [0, 0.05) is 39.6 Å². The summed E-state index contributed by atoms with van der Waals surface area (Å²) in [6.45, 7) is 3.15. The van der Waals surface area contributed by atoms with Crippen LogP contribution in [0.5, 0.6) is 0 Å². The van der Waals surface area contributed by atoms with Gasteiger partial charge in [0.25, 0.3) is 0 Å². The second kappa shape index (κ2) is 5.39. The Morgan fingerprint density at radius 2 is 1.75 bits per heavy atom. The number of aryl methyl sites for hydroxylation is 3. The highest BCUT2D eigenvalue weighted by atomic mass is 32.2. The number of nitrogens with zero attached hydrogens (tertiary/aromatic N) is 5. The van der Waals surface area contributed by atoms with Crippen molar-refractivity contribution in [1.82, 2.24) is 23.6 Å². The number of aromatic nitrogens is 4. The normalized spacial score (nSPS) is 17.2. The van der Waals surface area contributed by atoms with Gasteiger partial charge in [0.05, 0.1) is 16.6 Å². The maximum absolute atomic E-state index is 12.8. The Morgan fingerprint density at radius 3 is 2.21 bits per heavy atom. The van der Waals surface area contributed by atoms with E-state index in [0.29, 0.717) is 11.4 Å². The Hall–Kier alpha value is -1.72. The molecular formula is C13H19N5O4S2. The fourth-order valence-corrected chi connectivity index (χ4v) is 6.66. The van der Waals surface area contributed by atoms with Crippen LogP contribution < -0.4 is 0 Å². The van der Waals surface area contributed by atoms with Crippen LogP contribution in [-0.2, 0) is 34.0 Å². The van der Waals surface area contributed by atoms with E-state index in [1.54, 1.807) is 34.1 Å². The van der Waals surface area contributed by atoms with E-state index in [0.717, 1.165) is 0 Å². The molecule has 11 heteroatoms. The first kappa shape index (κ1) is 17.1. The van der Waals surface area contributed by atoms with Crippen molar-refractivity contribution in [1.29, 1.82) is 0 Å². The van der Waals surface area contributed by atoms with Gasteiger partial charge in [-0.1, -0.05) is 0 Å². The Bertz CT molecular complexity index is 997. The van der Waals surface area contributed by atoms with Gasteiger partial charge in [-0.05, 0) is 13.8 Å². The maximum atomic E-state index is 12.8. The van der Waals surface area contributed by atoms with Crippen molar-refractivity contribution >= 4 is 19.9 Å². The predicted octanol–water partition coefficient (Wildman–Crippen LogP) is -0.383. The Labute approximate surface area is 140 Å². The zero-order chi connectivity index (χ0) is 17.9. The lowest BCUT2D eigenvalue weighted by molar-refractivity contribution is 0.308. The summed E-state index contributed by atoms with van der Waals surface area (Å²) in [6.07, 6.45) is 2.95. The minimum absolute atomic E-state index is 0.0433. The lowest BCUT2D eigenvalue weighted by Crippen LogP contribution is -2.57. The molecule has 0 saturated carbocycles. The predicted molar refractivity (Wildman–Crippen MR) is 85.6 cm³/mol. The van der Waals surface area contributed by atoms with Gasteiger partial charge in [-0.15, -0.1) is 0 Å². The minimum Gasteiger partial charge on any atom is -0.325 e. The molecule has 3 rings (SSSR count). The number of hydrogen-bond acceptors (Lipinski definition) is 6. The lowest BCUT2D eigenvalue weighted by atomic mass is 10.3. The van der Waals surface area contributed by atoms with Crippen molar-refractivity contribution < 1.29 is 16.8 Å². The second-order valence-electron chi connectivity index (χ2n) is 5.93. The number of rotatable bonds is 4. The van der Waals surface area contributed by atoms with Gasteiger partial charge in [0.15, 0.2) is 0 Å². The third-order valence-corrected chi connectivity index (χ3v) is 8.49. The van der Waals surface area contributed by atoms with E-state index in [1.165, 1.54) is 19.8 Å². The van der Waals surface area contributed by atoms with Crippen LogP contribution in [0, 0.1) is 13.8 Å². The van der Waals surface area contributed by atoms with Gasteiger partial charge in [0.2, 0.25) is 25.0 Å². The van der Waals surface area contributed by atoms with Crippen LogP contribution in [0.15, 0.2) is 22.4 Å². The van der Waals surface area contributed by atoms with Gasteiger partial charge in [-0.2, -0.15) is 9.40 Å². The molecule has 0 radical (unpaired) electrons. The highest BCUT2D eigenvalue weighted by Crippen LogP contribution is 2.30. The van der Waals surface area contributed by atoms with Crippen LogP contribution in [0.2, 0.25) is 0 Å². The maximum Gasteiger partial charge on any atom is 0.246 e. The smallest absolute Gasteiger partial charge is 0.246 e. The second-order valence-corrected chi connectivity index (χ2v) is 9.93. The standard InChI is InChI=1S/C13H19N5O4S2/c1-9-12(10(2)17(4)15-9)24(21,22)18-7-11(8-18)23(19,20)13-14-5-6-16(13)3/h5-6,11H,7-8H2,1-4H3. The van der Waals surface area contributed by atoms with Crippen LogP contribution in [-0.4, -0.2) is 58.8 Å². The molecule has 3 heterocycles. The van der Waals surface area contributed by atoms with Gasteiger partial charge in [-0.25, -0.2) is 21.8 Å². The third-order valence-electron chi connectivity index (χ3n) is 4.33. The summed E-state index contributed by atoms with van der Waals surface area (Å²) < 4.78 is 54.6. The fourth-order valence-electron chi connectivity index (χ4n) is 2.83. The molecule has 0 bridgehead atoms. The summed E-state index contributed by atoms with van der Waals surface area (Å²) >= 11 is 0. The SMILES string of the molecule is Cc1nn(C)c(C)c1S(=O)(=O)N1CC(S(=O)(=O)c2nccn2C)C1. The number of imidazole rings is 1. The van der Waals surface area contributed by atoms with Crippen molar-refractivity contribution in [2.24, 2.45) is 14.1 Å². The number of hydrogen-bond donors (Lipinski definition) is 0. The van der Waals surface area contributed by atoms with E-state index in [4.69, 9.17) is 0 Å². The molecule has 0 amide bonds. The van der Waals surface area contributed by atoms with Crippen molar-refractivity contribution in [3.8, 4) is 0 Å². The van der Waals surface area contributed by atoms with E-state index in [2.05, 4.69) is 10.1 Å². The van der Waals surface area contributed by atoms with Crippen molar-refractivity contribution in [2.45, 2.75) is 29.1 Å². The molecule has 0 aliphatic carbocycles. The molecule has 2 aromatic heterocycles. The number of sulfone groups is 1. The summed E-state index contributed by atoms with van der Waals surface area (Å²) in [5, 5.41) is 3.29. The van der Waals surface area contributed by atoms with Gasteiger partial charge in [0.1, 0.15) is 4.90 Å². The zero-order valence-electron chi connectivity index (χ0n) is 13.8. The highest BCUT2D eigenvalue weighted by molar-refractivity contribution is 7.92. The molecule has 1 aliphatic heterocycles. The Balaban J connectivity index is 1.85. The molecule has 24 heavy (non-hydrogen) atoms. The summed E-state index contributed by atoms with van der Waals surface area (Å²) in [6, 6.07) is 0. The summed E-state index contributed by atoms with van der Waals surface area (Å²) in [5.41, 5.74) is 0.938. The molecule has 0 aromatic carbocycles. The lowest BCUT2D eigenvalue weighted by Gasteiger charge is -2.37. The van der Waals surface area contributed by atoms with E-state index < -0.39 is 25.1 Å². The van der Waals surface area contributed by atoms with Crippen LogP contribution in [0.3, 0.4) is 0 Å². The summed E-state index contributed by atoms with van der Waals surface area (Å²) in [5.74, 6) is 0. The minimum atomic E-state index is -3.76. The quantitative estimate of drug-likeness (QED) is 0.723. The number of sulfonamides is 1. The van der Waals surface area contributed by atoms with Gasteiger partial charge in [-0.3, -0.25) is 4.68 Å². The van der Waals surface area contributed by atoms with Crippen molar-refractivity contribution in [2.75, 3.05) is 13.1 Å².